The third-order valence-electron chi connectivity index (χ3n) is 3.58. The van der Waals surface area contributed by atoms with Crippen molar-refractivity contribution in [1.29, 1.82) is 0 Å². The quantitative estimate of drug-likeness (QED) is 0.880. The maximum absolute atomic E-state index is 12.7. The summed E-state index contributed by atoms with van der Waals surface area (Å²) < 4.78 is 0. The number of nitrogens with zero attached hydrogens (tertiary/aromatic N) is 1. The smallest absolute Gasteiger partial charge is 0.241 e. The summed E-state index contributed by atoms with van der Waals surface area (Å²) in [5.74, 6) is -0.585. The Kier molecular flexibility index (Phi) is 4.61. The first-order valence-electron chi connectivity index (χ1n) is 7.12. The van der Waals surface area contributed by atoms with Crippen LogP contribution in [0.1, 0.15) is 13.8 Å². The van der Waals surface area contributed by atoms with Crippen molar-refractivity contribution in [3.8, 4) is 0 Å². The highest BCUT2D eigenvalue weighted by Crippen LogP contribution is 2.24. The minimum Gasteiger partial charge on any atom is -0.325 e. The summed E-state index contributed by atoms with van der Waals surface area (Å²) in [4.78, 5) is 26.6. The van der Waals surface area contributed by atoms with E-state index in [1.165, 1.54) is 4.90 Å². The molecule has 2 rings (SSSR count). The van der Waals surface area contributed by atoms with Crippen LogP contribution in [-0.2, 0) is 9.59 Å². The van der Waals surface area contributed by atoms with Crippen molar-refractivity contribution < 1.29 is 9.59 Å². The zero-order valence-corrected chi connectivity index (χ0v) is 13.0. The highest BCUT2D eigenvalue weighted by molar-refractivity contribution is 6.14. The first kappa shape index (κ1) is 15.8. The van der Waals surface area contributed by atoms with Crippen LogP contribution in [-0.4, -0.2) is 18.9 Å². The number of amides is 2. The minimum absolute atomic E-state index is 0.257. The predicted molar refractivity (Wildman–Crippen MR) is 88.7 cm³/mol. The van der Waals surface area contributed by atoms with Crippen molar-refractivity contribution >= 4 is 23.2 Å². The molecular weight excluding hydrogens is 276 g/mol. The summed E-state index contributed by atoms with van der Waals surface area (Å²) in [5.41, 5.74) is 0.268. The molecule has 22 heavy (non-hydrogen) atoms. The van der Waals surface area contributed by atoms with Crippen molar-refractivity contribution in [2.24, 2.45) is 5.41 Å². The molecule has 2 aromatic rings. The summed E-state index contributed by atoms with van der Waals surface area (Å²) in [5, 5.41) is 2.78. The van der Waals surface area contributed by atoms with E-state index in [0.29, 0.717) is 5.69 Å². The van der Waals surface area contributed by atoms with Gasteiger partial charge in [0, 0.05) is 18.4 Å². The Hall–Kier alpha value is -2.62. The number of hydrogen-bond donors (Lipinski definition) is 1. The van der Waals surface area contributed by atoms with Gasteiger partial charge in [-0.15, -0.1) is 0 Å². The van der Waals surface area contributed by atoms with Gasteiger partial charge in [0.05, 0.1) is 0 Å². The fourth-order valence-electron chi connectivity index (χ4n) is 2.09. The van der Waals surface area contributed by atoms with Crippen LogP contribution in [0.3, 0.4) is 0 Å². The summed E-state index contributed by atoms with van der Waals surface area (Å²) in [6, 6.07) is 18.4. The molecule has 0 saturated heterocycles. The number of carbonyl (C=O) groups is 2. The fraction of sp³-hybridized carbons (Fsp3) is 0.222. The van der Waals surface area contributed by atoms with Gasteiger partial charge in [-0.05, 0) is 38.1 Å². The maximum Gasteiger partial charge on any atom is 0.241 e. The van der Waals surface area contributed by atoms with Crippen LogP contribution in [0, 0.1) is 5.41 Å². The molecule has 2 aromatic carbocycles. The van der Waals surface area contributed by atoms with E-state index >= 15 is 0 Å². The van der Waals surface area contributed by atoms with Gasteiger partial charge in [-0.3, -0.25) is 9.59 Å². The second-order valence-corrected chi connectivity index (χ2v) is 5.64. The normalized spacial score (nSPS) is 10.9. The van der Waals surface area contributed by atoms with Crippen LogP contribution in [0.15, 0.2) is 60.7 Å². The fourth-order valence-corrected chi connectivity index (χ4v) is 2.09. The molecule has 4 heteroatoms. The van der Waals surface area contributed by atoms with E-state index in [-0.39, 0.29) is 11.8 Å². The molecular formula is C18H20N2O2. The average molecular weight is 296 g/mol. The SMILES string of the molecule is CN(C(=O)C(C)(C)C(=O)Nc1ccccc1)c1ccccc1. The lowest BCUT2D eigenvalue weighted by molar-refractivity contribution is -0.136. The number of anilines is 2. The second kappa shape index (κ2) is 6.43. The maximum atomic E-state index is 12.7. The molecule has 0 aliphatic rings. The molecule has 1 N–H and O–H groups in total. The summed E-state index contributed by atoms with van der Waals surface area (Å²) in [7, 11) is 1.68. The molecule has 0 aromatic heterocycles. The Morgan fingerprint density at radius 1 is 0.909 bits per heavy atom. The Bertz CT molecular complexity index is 651. The number of carbonyl (C=O) groups excluding carboxylic acids is 2. The van der Waals surface area contributed by atoms with E-state index in [1.54, 1.807) is 33.0 Å². The molecule has 0 radical (unpaired) electrons. The highest BCUT2D eigenvalue weighted by Gasteiger charge is 2.38. The molecule has 0 bridgehead atoms. The Balaban J connectivity index is 2.14. The van der Waals surface area contributed by atoms with Crippen LogP contribution in [0.5, 0.6) is 0 Å². The van der Waals surface area contributed by atoms with E-state index < -0.39 is 5.41 Å². The molecule has 0 unspecified atom stereocenters. The van der Waals surface area contributed by atoms with E-state index in [2.05, 4.69) is 5.32 Å². The van der Waals surface area contributed by atoms with Gasteiger partial charge in [0.2, 0.25) is 11.8 Å². The molecule has 0 aliphatic carbocycles. The van der Waals surface area contributed by atoms with Gasteiger partial charge in [-0.25, -0.2) is 0 Å². The lowest BCUT2D eigenvalue weighted by Crippen LogP contribution is -2.46. The molecule has 2 amide bonds. The first-order valence-corrected chi connectivity index (χ1v) is 7.12. The minimum atomic E-state index is -1.17. The second-order valence-electron chi connectivity index (χ2n) is 5.64. The highest BCUT2D eigenvalue weighted by atomic mass is 16.2. The van der Waals surface area contributed by atoms with E-state index in [0.717, 1.165) is 5.69 Å². The molecule has 4 nitrogen and oxygen atoms in total. The molecule has 114 valence electrons. The van der Waals surface area contributed by atoms with Crippen molar-refractivity contribution in [1.82, 2.24) is 0 Å². The number of rotatable bonds is 4. The third-order valence-corrected chi connectivity index (χ3v) is 3.58. The van der Waals surface area contributed by atoms with Crippen LogP contribution in [0.4, 0.5) is 11.4 Å². The van der Waals surface area contributed by atoms with Crippen molar-refractivity contribution in [2.75, 3.05) is 17.3 Å². The van der Waals surface area contributed by atoms with Crippen molar-refractivity contribution in [2.45, 2.75) is 13.8 Å². The number of para-hydroxylation sites is 2. The van der Waals surface area contributed by atoms with Gasteiger partial charge >= 0.3 is 0 Å². The molecule has 0 saturated carbocycles. The van der Waals surface area contributed by atoms with Gasteiger partial charge in [0.25, 0.3) is 0 Å². The monoisotopic (exact) mass is 296 g/mol. The van der Waals surface area contributed by atoms with Gasteiger partial charge < -0.3 is 10.2 Å². The zero-order chi connectivity index (χ0) is 16.2. The van der Waals surface area contributed by atoms with Crippen LogP contribution >= 0.6 is 0 Å². The van der Waals surface area contributed by atoms with E-state index in [9.17, 15) is 9.59 Å². The van der Waals surface area contributed by atoms with Crippen LogP contribution in [0.2, 0.25) is 0 Å². The molecule has 0 heterocycles. The number of hydrogen-bond acceptors (Lipinski definition) is 2. The average Bonchev–Trinajstić information content (AvgIpc) is 2.55. The Morgan fingerprint density at radius 2 is 1.41 bits per heavy atom. The van der Waals surface area contributed by atoms with Crippen molar-refractivity contribution in [3.05, 3.63) is 60.7 Å². The molecule has 0 atom stereocenters. The Labute approximate surface area is 130 Å². The number of nitrogens with one attached hydrogen (secondary N) is 1. The topological polar surface area (TPSA) is 49.4 Å². The zero-order valence-electron chi connectivity index (χ0n) is 13.0. The molecule has 0 spiro atoms. The van der Waals surface area contributed by atoms with Gasteiger partial charge in [0.15, 0.2) is 0 Å². The van der Waals surface area contributed by atoms with Gasteiger partial charge in [0.1, 0.15) is 5.41 Å². The summed E-state index contributed by atoms with van der Waals surface area (Å²) >= 11 is 0. The predicted octanol–water partition coefficient (Wildman–Crippen LogP) is 3.31. The van der Waals surface area contributed by atoms with Crippen LogP contribution in [0.25, 0.3) is 0 Å². The summed E-state index contributed by atoms with van der Waals surface area (Å²) in [6.07, 6.45) is 0. The number of benzene rings is 2. The Morgan fingerprint density at radius 3 is 1.95 bits per heavy atom. The lowest BCUT2D eigenvalue weighted by Gasteiger charge is -2.28. The lowest BCUT2D eigenvalue weighted by atomic mass is 9.90. The summed E-state index contributed by atoms with van der Waals surface area (Å²) in [6.45, 7) is 3.26. The third kappa shape index (κ3) is 3.34. The molecule has 0 fully saturated rings. The first-order chi connectivity index (χ1) is 10.4. The largest absolute Gasteiger partial charge is 0.325 e. The van der Waals surface area contributed by atoms with E-state index in [4.69, 9.17) is 0 Å². The standard InChI is InChI=1S/C18H20N2O2/c1-18(2,16(21)19-14-10-6-4-7-11-14)17(22)20(3)15-12-8-5-9-13-15/h4-13H,1-3H3,(H,19,21). The van der Waals surface area contributed by atoms with Crippen LogP contribution < -0.4 is 10.2 Å². The van der Waals surface area contributed by atoms with Crippen molar-refractivity contribution in [3.63, 3.8) is 0 Å². The van der Waals surface area contributed by atoms with Gasteiger partial charge in [-0.1, -0.05) is 36.4 Å². The molecule has 0 aliphatic heterocycles. The van der Waals surface area contributed by atoms with Gasteiger partial charge in [-0.2, -0.15) is 0 Å². The van der Waals surface area contributed by atoms with E-state index in [1.807, 2.05) is 48.5 Å².